The van der Waals surface area contributed by atoms with Crippen LogP contribution in [0, 0.1) is 0 Å². The summed E-state index contributed by atoms with van der Waals surface area (Å²) in [5.74, 6) is -0.236. The summed E-state index contributed by atoms with van der Waals surface area (Å²) in [5, 5.41) is 0.612. The molecule has 1 heterocycles. The van der Waals surface area contributed by atoms with Crippen molar-refractivity contribution in [2.24, 2.45) is 0 Å². The van der Waals surface area contributed by atoms with Crippen molar-refractivity contribution in [1.82, 2.24) is 4.98 Å². The van der Waals surface area contributed by atoms with E-state index in [1.807, 2.05) is 0 Å². The highest BCUT2D eigenvalue weighted by Gasteiger charge is 2.11. The molecule has 0 N–H and O–H groups in total. The fourth-order valence-corrected chi connectivity index (χ4v) is 2.56. The molecule has 1 aromatic heterocycles. The molecular formula is C16H15F2NO4S. The van der Waals surface area contributed by atoms with E-state index in [1.54, 1.807) is 31.2 Å². The molecule has 0 fully saturated rings. The molecule has 1 aromatic carbocycles. The van der Waals surface area contributed by atoms with Gasteiger partial charge >= 0.3 is 12.6 Å². The standard InChI is InChI=1S/C16H15F2NO4S/c1-3-22-12-8-10(4-6-11(12)23-16(17)18)5-7-14-19-9-13(24-14)15(20)21-2/h4-9,16H,3H2,1-2H3/b7-5+. The number of aromatic nitrogens is 1. The number of benzene rings is 1. The van der Waals surface area contributed by atoms with Crippen LogP contribution in [0.15, 0.2) is 24.4 Å². The van der Waals surface area contributed by atoms with Crippen molar-refractivity contribution in [3.05, 3.63) is 39.8 Å². The second kappa shape index (κ2) is 8.39. The maximum atomic E-state index is 12.4. The van der Waals surface area contributed by atoms with Crippen molar-refractivity contribution >= 4 is 29.5 Å². The van der Waals surface area contributed by atoms with Crippen LogP contribution in [-0.4, -0.2) is 31.3 Å². The molecule has 5 nitrogen and oxygen atoms in total. The van der Waals surface area contributed by atoms with Crippen molar-refractivity contribution in [3.8, 4) is 11.5 Å². The number of methoxy groups -OCH3 is 1. The van der Waals surface area contributed by atoms with Crippen molar-refractivity contribution in [2.45, 2.75) is 13.5 Å². The first-order valence-corrected chi connectivity index (χ1v) is 7.79. The number of nitrogens with zero attached hydrogens (tertiary/aromatic N) is 1. The summed E-state index contributed by atoms with van der Waals surface area (Å²) in [5.41, 5.74) is 0.717. The lowest BCUT2D eigenvalue weighted by Crippen LogP contribution is -2.04. The van der Waals surface area contributed by atoms with E-state index in [2.05, 4.69) is 14.5 Å². The SMILES string of the molecule is CCOc1cc(/C=C/c2ncc(C(=O)OC)s2)ccc1OC(F)F. The van der Waals surface area contributed by atoms with E-state index in [0.29, 0.717) is 16.5 Å². The number of thiazole rings is 1. The fourth-order valence-electron chi connectivity index (χ4n) is 1.82. The predicted molar refractivity (Wildman–Crippen MR) is 86.6 cm³/mol. The van der Waals surface area contributed by atoms with Crippen LogP contribution in [0.1, 0.15) is 27.2 Å². The molecule has 24 heavy (non-hydrogen) atoms. The van der Waals surface area contributed by atoms with Crippen molar-refractivity contribution in [2.75, 3.05) is 13.7 Å². The molecule has 8 heteroatoms. The summed E-state index contributed by atoms with van der Waals surface area (Å²) in [6.45, 7) is -0.849. The van der Waals surface area contributed by atoms with Crippen LogP contribution >= 0.6 is 11.3 Å². The fraction of sp³-hybridized carbons (Fsp3) is 0.250. The molecule has 0 atom stereocenters. The Kier molecular flexibility index (Phi) is 6.25. The minimum absolute atomic E-state index is 0.0220. The predicted octanol–water partition coefficient (Wildman–Crippen LogP) is 4.10. The zero-order valence-electron chi connectivity index (χ0n) is 13.0. The van der Waals surface area contributed by atoms with Crippen LogP contribution in [-0.2, 0) is 4.74 Å². The Hall–Kier alpha value is -2.48. The number of alkyl halides is 2. The van der Waals surface area contributed by atoms with Gasteiger partial charge in [-0.2, -0.15) is 8.78 Å². The zero-order chi connectivity index (χ0) is 17.5. The lowest BCUT2D eigenvalue weighted by Gasteiger charge is -2.11. The first-order valence-electron chi connectivity index (χ1n) is 6.97. The lowest BCUT2D eigenvalue weighted by molar-refractivity contribution is -0.0514. The second-order valence-electron chi connectivity index (χ2n) is 4.41. The number of hydrogen-bond acceptors (Lipinski definition) is 6. The van der Waals surface area contributed by atoms with E-state index in [4.69, 9.17) is 4.74 Å². The van der Waals surface area contributed by atoms with E-state index in [-0.39, 0.29) is 11.5 Å². The van der Waals surface area contributed by atoms with E-state index in [9.17, 15) is 13.6 Å². The first kappa shape index (κ1) is 17.9. The molecule has 2 aromatic rings. The summed E-state index contributed by atoms with van der Waals surface area (Å²) in [4.78, 5) is 15.9. The van der Waals surface area contributed by atoms with E-state index in [0.717, 1.165) is 5.56 Å². The molecule has 0 saturated heterocycles. The van der Waals surface area contributed by atoms with Gasteiger partial charge in [0.2, 0.25) is 0 Å². The van der Waals surface area contributed by atoms with Gasteiger partial charge in [0, 0.05) is 0 Å². The largest absolute Gasteiger partial charge is 0.490 e. The molecule has 0 spiro atoms. The molecule has 0 aliphatic carbocycles. The van der Waals surface area contributed by atoms with E-state index >= 15 is 0 Å². The van der Waals surface area contributed by atoms with Gasteiger partial charge in [0.25, 0.3) is 0 Å². The van der Waals surface area contributed by atoms with Crippen molar-refractivity contribution < 1.29 is 27.8 Å². The summed E-state index contributed by atoms with van der Waals surface area (Å²) < 4.78 is 39.1. The van der Waals surface area contributed by atoms with Crippen molar-refractivity contribution in [1.29, 1.82) is 0 Å². The van der Waals surface area contributed by atoms with Gasteiger partial charge in [0.15, 0.2) is 11.5 Å². The van der Waals surface area contributed by atoms with Gasteiger partial charge in [-0.25, -0.2) is 9.78 Å². The average Bonchev–Trinajstić information content (AvgIpc) is 3.03. The molecule has 2 rings (SSSR count). The number of carbonyl (C=O) groups excluding carboxylic acids is 1. The highest BCUT2D eigenvalue weighted by molar-refractivity contribution is 7.14. The summed E-state index contributed by atoms with van der Waals surface area (Å²) in [6, 6.07) is 4.62. The van der Waals surface area contributed by atoms with E-state index in [1.165, 1.54) is 30.7 Å². The minimum atomic E-state index is -2.92. The zero-order valence-corrected chi connectivity index (χ0v) is 13.8. The third kappa shape index (κ3) is 4.76. The molecule has 128 valence electrons. The third-order valence-electron chi connectivity index (χ3n) is 2.81. The van der Waals surface area contributed by atoms with Gasteiger partial charge in [-0.05, 0) is 30.7 Å². The monoisotopic (exact) mass is 355 g/mol. The maximum absolute atomic E-state index is 12.4. The van der Waals surface area contributed by atoms with Crippen LogP contribution in [0.3, 0.4) is 0 Å². The van der Waals surface area contributed by atoms with Gasteiger partial charge in [-0.3, -0.25) is 0 Å². The number of esters is 1. The van der Waals surface area contributed by atoms with Gasteiger partial charge in [-0.15, -0.1) is 11.3 Å². The first-order chi connectivity index (χ1) is 11.5. The normalized spacial score (nSPS) is 11.0. The Morgan fingerprint density at radius 3 is 2.79 bits per heavy atom. The lowest BCUT2D eigenvalue weighted by atomic mass is 10.2. The van der Waals surface area contributed by atoms with Crippen LogP contribution in [0.2, 0.25) is 0 Å². The van der Waals surface area contributed by atoms with Gasteiger partial charge in [0.1, 0.15) is 9.88 Å². The quantitative estimate of drug-likeness (QED) is 0.700. The average molecular weight is 355 g/mol. The number of carbonyl (C=O) groups is 1. The molecule has 0 unspecified atom stereocenters. The smallest absolute Gasteiger partial charge is 0.387 e. The summed E-state index contributed by atoms with van der Waals surface area (Å²) in [7, 11) is 1.30. The third-order valence-corrected chi connectivity index (χ3v) is 3.75. The number of rotatable bonds is 7. The molecule has 0 aliphatic rings. The number of ether oxygens (including phenoxy) is 3. The van der Waals surface area contributed by atoms with Gasteiger partial charge < -0.3 is 14.2 Å². The Labute approximate surface area is 141 Å². The molecule has 0 aliphatic heterocycles. The minimum Gasteiger partial charge on any atom is -0.490 e. The van der Waals surface area contributed by atoms with E-state index < -0.39 is 12.6 Å². The van der Waals surface area contributed by atoms with Gasteiger partial charge in [-0.1, -0.05) is 12.1 Å². The summed E-state index contributed by atoms with van der Waals surface area (Å²) >= 11 is 1.18. The maximum Gasteiger partial charge on any atom is 0.387 e. The van der Waals surface area contributed by atoms with Gasteiger partial charge in [0.05, 0.1) is 19.9 Å². The number of halogens is 2. The highest BCUT2D eigenvalue weighted by Crippen LogP contribution is 2.30. The Balaban J connectivity index is 2.18. The Morgan fingerprint density at radius 2 is 2.12 bits per heavy atom. The Bertz CT molecular complexity index is 731. The van der Waals surface area contributed by atoms with Crippen molar-refractivity contribution in [3.63, 3.8) is 0 Å². The van der Waals surface area contributed by atoms with Crippen LogP contribution < -0.4 is 9.47 Å². The molecular weight excluding hydrogens is 340 g/mol. The molecule has 0 radical (unpaired) electrons. The second-order valence-corrected chi connectivity index (χ2v) is 5.47. The molecule has 0 saturated carbocycles. The summed E-state index contributed by atoms with van der Waals surface area (Å²) in [6.07, 6.45) is 4.87. The Morgan fingerprint density at radius 1 is 1.33 bits per heavy atom. The topological polar surface area (TPSA) is 57.7 Å². The van der Waals surface area contributed by atoms with Crippen LogP contribution in [0.4, 0.5) is 8.78 Å². The van der Waals surface area contributed by atoms with Crippen LogP contribution in [0.25, 0.3) is 12.2 Å². The number of hydrogen-bond donors (Lipinski definition) is 0. The molecule has 0 amide bonds. The molecule has 0 bridgehead atoms. The van der Waals surface area contributed by atoms with Crippen LogP contribution in [0.5, 0.6) is 11.5 Å². The highest BCUT2D eigenvalue weighted by atomic mass is 32.1.